The Morgan fingerprint density at radius 2 is 1.53 bits per heavy atom. The summed E-state index contributed by atoms with van der Waals surface area (Å²) in [4.78, 5) is 17.3. The van der Waals surface area contributed by atoms with Crippen molar-refractivity contribution in [2.45, 2.75) is 18.4 Å². The lowest BCUT2D eigenvalue weighted by Gasteiger charge is -2.37. The smallest absolute Gasteiger partial charge is 0.243 e. The molecule has 0 bridgehead atoms. The molecule has 1 amide bonds. The summed E-state index contributed by atoms with van der Waals surface area (Å²) >= 11 is 5.96. The van der Waals surface area contributed by atoms with Crippen LogP contribution in [0.1, 0.15) is 11.1 Å². The molecule has 0 unspecified atom stereocenters. The average Bonchev–Trinajstić information content (AvgIpc) is 2.90. The lowest BCUT2D eigenvalue weighted by molar-refractivity contribution is -0.131. The third kappa shape index (κ3) is 6.19. The lowest BCUT2D eigenvalue weighted by Crippen LogP contribution is -2.51. The van der Waals surface area contributed by atoms with Crippen molar-refractivity contribution < 1.29 is 17.9 Å². The van der Waals surface area contributed by atoms with Crippen LogP contribution >= 0.6 is 11.6 Å². The Bertz CT molecular complexity index is 1270. The largest absolute Gasteiger partial charge is 0.497 e. The Balaban J connectivity index is 1.47. The average molecular weight is 528 g/mol. The Hall–Kier alpha value is -3.07. The number of sulfonamides is 1. The minimum absolute atomic E-state index is 0.1000. The number of hydrogen-bond acceptors (Lipinski definition) is 5. The zero-order chi connectivity index (χ0) is 25.7. The van der Waals surface area contributed by atoms with Crippen LogP contribution in [-0.4, -0.2) is 63.4 Å². The molecule has 9 heteroatoms. The van der Waals surface area contributed by atoms with E-state index in [4.69, 9.17) is 16.3 Å². The van der Waals surface area contributed by atoms with Crippen LogP contribution in [-0.2, 0) is 21.4 Å². The van der Waals surface area contributed by atoms with Gasteiger partial charge in [0.2, 0.25) is 15.9 Å². The first-order valence-electron chi connectivity index (χ1n) is 11.7. The molecule has 7 nitrogen and oxygen atoms in total. The van der Waals surface area contributed by atoms with E-state index in [1.165, 1.54) is 16.4 Å². The van der Waals surface area contributed by atoms with Crippen LogP contribution in [0.25, 0.3) is 0 Å². The standard InChI is InChI=1S/C27H30ClN3O4S/c1-21-3-5-22(6-4-21)19-31(36(33,34)26-13-7-23(28)8-14-26)20-27(32)30-17-15-29(16-18-30)24-9-11-25(35-2)12-10-24/h3-14H,15-20H2,1-2H3. The minimum Gasteiger partial charge on any atom is -0.497 e. The van der Waals surface area contributed by atoms with Gasteiger partial charge in [0.1, 0.15) is 5.75 Å². The summed E-state index contributed by atoms with van der Waals surface area (Å²) in [6, 6.07) is 21.5. The molecule has 0 spiro atoms. The third-order valence-corrected chi connectivity index (χ3v) is 8.37. The van der Waals surface area contributed by atoms with Gasteiger partial charge >= 0.3 is 0 Å². The molecule has 4 rings (SSSR count). The normalized spacial score (nSPS) is 14.2. The third-order valence-electron chi connectivity index (χ3n) is 6.31. The van der Waals surface area contributed by atoms with Crippen molar-refractivity contribution in [3.63, 3.8) is 0 Å². The first-order chi connectivity index (χ1) is 17.3. The second-order valence-electron chi connectivity index (χ2n) is 8.78. The fourth-order valence-corrected chi connectivity index (χ4v) is 5.64. The molecule has 0 radical (unpaired) electrons. The lowest BCUT2D eigenvalue weighted by atomic mass is 10.1. The molecule has 1 heterocycles. The Labute approximate surface area is 217 Å². The molecule has 0 atom stereocenters. The number of anilines is 1. The van der Waals surface area contributed by atoms with Crippen molar-refractivity contribution in [2.75, 3.05) is 44.7 Å². The van der Waals surface area contributed by atoms with Gasteiger partial charge in [0, 0.05) is 43.4 Å². The quantitative estimate of drug-likeness (QED) is 0.439. The Morgan fingerprint density at radius 3 is 2.11 bits per heavy atom. The van der Waals surface area contributed by atoms with Crippen LogP contribution in [0, 0.1) is 6.92 Å². The molecule has 1 saturated heterocycles. The number of aryl methyl sites for hydroxylation is 1. The van der Waals surface area contributed by atoms with Crippen LogP contribution in [0.5, 0.6) is 5.75 Å². The fraction of sp³-hybridized carbons (Fsp3) is 0.296. The van der Waals surface area contributed by atoms with Crippen molar-refractivity contribution in [1.82, 2.24) is 9.21 Å². The summed E-state index contributed by atoms with van der Waals surface area (Å²) in [5.41, 5.74) is 2.96. The molecule has 1 aliphatic rings. The van der Waals surface area contributed by atoms with E-state index in [0.717, 1.165) is 22.6 Å². The van der Waals surface area contributed by atoms with Gasteiger partial charge in [-0.1, -0.05) is 41.4 Å². The Kier molecular flexibility index (Phi) is 8.18. The second kappa shape index (κ2) is 11.3. The highest BCUT2D eigenvalue weighted by atomic mass is 35.5. The first kappa shape index (κ1) is 26.0. The van der Waals surface area contributed by atoms with E-state index in [1.807, 2.05) is 55.5 Å². The van der Waals surface area contributed by atoms with Crippen LogP contribution in [0.3, 0.4) is 0 Å². The summed E-state index contributed by atoms with van der Waals surface area (Å²) < 4.78 is 33.5. The van der Waals surface area contributed by atoms with Gasteiger partial charge in [-0.2, -0.15) is 4.31 Å². The zero-order valence-corrected chi connectivity index (χ0v) is 22.0. The van der Waals surface area contributed by atoms with Crippen molar-refractivity contribution >= 4 is 33.2 Å². The van der Waals surface area contributed by atoms with Gasteiger partial charge in [0.05, 0.1) is 18.6 Å². The maximum Gasteiger partial charge on any atom is 0.243 e. The summed E-state index contributed by atoms with van der Waals surface area (Å²) in [5.74, 6) is 0.581. The van der Waals surface area contributed by atoms with Crippen molar-refractivity contribution in [1.29, 1.82) is 0 Å². The van der Waals surface area contributed by atoms with Crippen LogP contribution < -0.4 is 9.64 Å². The van der Waals surface area contributed by atoms with Crippen molar-refractivity contribution in [3.05, 3.63) is 88.9 Å². The second-order valence-corrected chi connectivity index (χ2v) is 11.2. The summed E-state index contributed by atoms with van der Waals surface area (Å²) in [5, 5.41) is 0.449. The SMILES string of the molecule is COc1ccc(N2CCN(C(=O)CN(Cc3ccc(C)cc3)S(=O)(=O)c3ccc(Cl)cc3)CC2)cc1. The van der Waals surface area contributed by atoms with Crippen molar-refractivity contribution in [3.8, 4) is 5.75 Å². The van der Waals surface area contributed by atoms with E-state index >= 15 is 0 Å². The fourth-order valence-electron chi connectivity index (χ4n) is 4.14. The molecule has 3 aromatic carbocycles. The predicted molar refractivity (Wildman–Crippen MR) is 142 cm³/mol. The maximum atomic E-state index is 13.5. The number of rotatable bonds is 8. The van der Waals surface area contributed by atoms with Gasteiger partial charge in [0.25, 0.3) is 0 Å². The van der Waals surface area contributed by atoms with Gasteiger partial charge in [-0.3, -0.25) is 4.79 Å². The van der Waals surface area contributed by atoms with Crippen LogP contribution in [0.15, 0.2) is 77.7 Å². The summed E-state index contributed by atoms with van der Waals surface area (Å²) in [6.07, 6.45) is 0. The van der Waals surface area contributed by atoms with E-state index in [1.54, 1.807) is 24.1 Å². The maximum absolute atomic E-state index is 13.5. The van der Waals surface area contributed by atoms with E-state index in [-0.39, 0.29) is 23.9 Å². The van der Waals surface area contributed by atoms with Gasteiger partial charge in [-0.25, -0.2) is 8.42 Å². The van der Waals surface area contributed by atoms with E-state index in [2.05, 4.69) is 4.90 Å². The topological polar surface area (TPSA) is 70.2 Å². The zero-order valence-electron chi connectivity index (χ0n) is 20.4. The number of carbonyl (C=O) groups is 1. The molecule has 0 aromatic heterocycles. The minimum atomic E-state index is -3.92. The van der Waals surface area contributed by atoms with Gasteiger partial charge in [-0.15, -0.1) is 0 Å². The van der Waals surface area contributed by atoms with E-state index < -0.39 is 10.0 Å². The molecule has 36 heavy (non-hydrogen) atoms. The molecule has 0 N–H and O–H groups in total. The Morgan fingerprint density at radius 1 is 0.917 bits per heavy atom. The first-order valence-corrected chi connectivity index (χ1v) is 13.6. The molecule has 0 saturated carbocycles. The van der Waals surface area contributed by atoms with E-state index in [0.29, 0.717) is 31.2 Å². The molecule has 1 fully saturated rings. The molecule has 0 aliphatic carbocycles. The van der Waals surface area contributed by atoms with Gasteiger partial charge in [-0.05, 0) is 61.0 Å². The molecule has 3 aromatic rings. The van der Waals surface area contributed by atoms with E-state index in [9.17, 15) is 13.2 Å². The molecule has 190 valence electrons. The number of benzene rings is 3. The van der Waals surface area contributed by atoms with Crippen LogP contribution in [0.2, 0.25) is 5.02 Å². The summed E-state index contributed by atoms with van der Waals surface area (Å²) in [6.45, 7) is 4.21. The molecular formula is C27H30ClN3O4S. The van der Waals surface area contributed by atoms with Gasteiger partial charge < -0.3 is 14.5 Å². The highest BCUT2D eigenvalue weighted by molar-refractivity contribution is 7.89. The number of carbonyl (C=O) groups excluding carboxylic acids is 1. The van der Waals surface area contributed by atoms with Gasteiger partial charge in [0.15, 0.2) is 0 Å². The predicted octanol–water partition coefficient (Wildman–Crippen LogP) is 4.20. The highest BCUT2D eigenvalue weighted by Crippen LogP contribution is 2.23. The van der Waals surface area contributed by atoms with Crippen molar-refractivity contribution in [2.24, 2.45) is 0 Å². The molecular weight excluding hydrogens is 498 g/mol. The number of nitrogens with zero attached hydrogens (tertiary/aromatic N) is 3. The highest BCUT2D eigenvalue weighted by Gasteiger charge is 2.30. The monoisotopic (exact) mass is 527 g/mol. The number of ether oxygens (including phenoxy) is 1. The summed E-state index contributed by atoms with van der Waals surface area (Å²) in [7, 11) is -2.28. The number of hydrogen-bond donors (Lipinski definition) is 0. The van der Waals surface area contributed by atoms with Crippen LogP contribution in [0.4, 0.5) is 5.69 Å². The number of amides is 1. The number of methoxy groups -OCH3 is 1. The number of piperazine rings is 1. The number of halogens is 1. The molecule has 1 aliphatic heterocycles.